The Bertz CT molecular complexity index is 437. The highest BCUT2D eigenvalue weighted by Crippen LogP contribution is 2.32. The van der Waals surface area contributed by atoms with E-state index in [-0.39, 0.29) is 0 Å². The lowest BCUT2D eigenvalue weighted by atomic mass is 10.1. The van der Waals surface area contributed by atoms with Gasteiger partial charge >= 0.3 is 0 Å². The summed E-state index contributed by atoms with van der Waals surface area (Å²) >= 11 is 0. The van der Waals surface area contributed by atoms with E-state index >= 15 is 0 Å². The summed E-state index contributed by atoms with van der Waals surface area (Å²) in [4.78, 5) is 4.80. The van der Waals surface area contributed by atoms with Crippen LogP contribution in [0.25, 0.3) is 0 Å². The summed E-state index contributed by atoms with van der Waals surface area (Å²) in [6.45, 7) is 9.82. The molecule has 5 heteroatoms. The fraction of sp³-hybridized carbons (Fsp3) is 0.786. The second-order valence-electron chi connectivity index (χ2n) is 6.06. The average molecular weight is 265 g/mol. The van der Waals surface area contributed by atoms with Crippen molar-refractivity contribution in [2.75, 3.05) is 37.3 Å². The molecule has 0 radical (unpaired) electrons. The lowest BCUT2D eigenvalue weighted by molar-refractivity contribution is 0.337. The fourth-order valence-corrected chi connectivity index (χ4v) is 3.01. The first-order chi connectivity index (χ1) is 8.91. The molecular weight excluding hydrogens is 238 g/mol. The number of hydrogen-bond donors (Lipinski definition) is 1. The monoisotopic (exact) mass is 265 g/mol. The predicted molar refractivity (Wildman–Crippen MR) is 80.6 cm³/mol. The number of rotatable bonds is 2. The summed E-state index contributed by atoms with van der Waals surface area (Å²) in [5.74, 6) is 1.46. The molecule has 2 N–H and O–H groups in total. The first-order valence-electron chi connectivity index (χ1n) is 7.19. The van der Waals surface area contributed by atoms with E-state index in [0.717, 1.165) is 36.8 Å². The molecule has 0 bridgehead atoms. The maximum atomic E-state index is 6.35. The Morgan fingerprint density at radius 3 is 2.53 bits per heavy atom. The van der Waals surface area contributed by atoms with Gasteiger partial charge in [0.1, 0.15) is 0 Å². The minimum Gasteiger partial charge on any atom is -0.394 e. The van der Waals surface area contributed by atoms with Gasteiger partial charge in [0.2, 0.25) is 0 Å². The minimum atomic E-state index is 0.366. The summed E-state index contributed by atoms with van der Waals surface area (Å²) in [6.07, 6.45) is 1.17. The summed E-state index contributed by atoms with van der Waals surface area (Å²) in [6, 6.07) is 0.463. The molecular formula is C14H27N5. The van der Waals surface area contributed by atoms with E-state index < -0.39 is 0 Å². The van der Waals surface area contributed by atoms with Crippen LogP contribution in [0.15, 0.2) is 0 Å². The minimum absolute atomic E-state index is 0.366. The Balaban J connectivity index is 2.35. The molecule has 2 heterocycles. The predicted octanol–water partition coefficient (Wildman–Crippen LogP) is 1.66. The van der Waals surface area contributed by atoms with Crippen LogP contribution in [0.1, 0.15) is 38.8 Å². The van der Waals surface area contributed by atoms with E-state index in [2.05, 4.69) is 42.7 Å². The van der Waals surface area contributed by atoms with E-state index in [9.17, 15) is 0 Å². The molecule has 0 aromatic carbocycles. The smallest absolute Gasteiger partial charge is 0.150 e. The van der Waals surface area contributed by atoms with Crippen LogP contribution in [-0.2, 0) is 7.05 Å². The summed E-state index contributed by atoms with van der Waals surface area (Å²) in [7, 11) is 4.19. The van der Waals surface area contributed by atoms with Crippen LogP contribution < -0.4 is 10.6 Å². The van der Waals surface area contributed by atoms with Gasteiger partial charge in [-0.25, -0.2) is 0 Å². The standard InChI is InChI=1S/C14H27N5/c1-10(2)13-12(15)14(18(5)16-13)19-8-6-7-17(4)9-11(19)3/h10-11H,6-9,15H2,1-5H3. The van der Waals surface area contributed by atoms with Gasteiger partial charge in [0.15, 0.2) is 5.82 Å². The molecule has 5 nitrogen and oxygen atoms in total. The van der Waals surface area contributed by atoms with Crippen LogP contribution in [0.5, 0.6) is 0 Å². The average Bonchev–Trinajstić information content (AvgIpc) is 2.50. The normalized spacial score (nSPS) is 22.0. The van der Waals surface area contributed by atoms with Crippen molar-refractivity contribution in [3.05, 3.63) is 5.69 Å². The third-order valence-corrected chi connectivity index (χ3v) is 3.95. The lowest BCUT2D eigenvalue weighted by Gasteiger charge is -2.30. The van der Waals surface area contributed by atoms with Crippen LogP contribution in [0.2, 0.25) is 0 Å². The Morgan fingerprint density at radius 2 is 1.95 bits per heavy atom. The van der Waals surface area contributed by atoms with Crippen molar-refractivity contribution in [2.24, 2.45) is 7.05 Å². The quantitative estimate of drug-likeness (QED) is 0.883. The van der Waals surface area contributed by atoms with Crippen molar-refractivity contribution >= 4 is 11.5 Å². The molecule has 0 aliphatic carbocycles. The van der Waals surface area contributed by atoms with Crippen LogP contribution in [0.4, 0.5) is 11.5 Å². The number of nitrogens with two attached hydrogens (primary N) is 1. The molecule has 2 rings (SSSR count). The van der Waals surface area contributed by atoms with Crippen molar-refractivity contribution in [2.45, 2.75) is 39.2 Å². The molecule has 1 saturated heterocycles. The van der Waals surface area contributed by atoms with Crippen LogP contribution in [0, 0.1) is 0 Å². The molecule has 0 saturated carbocycles. The van der Waals surface area contributed by atoms with E-state index in [1.807, 2.05) is 11.7 Å². The molecule has 19 heavy (non-hydrogen) atoms. The number of anilines is 2. The van der Waals surface area contributed by atoms with Gasteiger partial charge in [0.25, 0.3) is 0 Å². The molecule has 1 aliphatic heterocycles. The Labute approximate surface area is 116 Å². The second kappa shape index (κ2) is 5.41. The van der Waals surface area contributed by atoms with Crippen LogP contribution in [-0.4, -0.2) is 47.4 Å². The molecule has 1 aromatic rings. The third-order valence-electron chi connectivity index (χ3n) is 3.95. The van der Waals surface area contributed by atoms with Gasteiger partial charge in [0, 0.05) is 26.2 Å². The number of aromatic nitrogens is 2. The first kappa shape index (κ1) is 14.2. The number of nitrogens with zero attached hydrogens (tertiary/aromatic N) is 4. The molecule has 1 aromatic heterocycles. The van der Waals surface area contributed by atoms with E-state index in [4.69, 9.17) is 5.73 Å². The fourth-order valence-electron chi connectivity index (χ4n) is 3.01. The number of aryl methyl sites for hydroxylation is 1. The SMILES string of the molecule is CC(C)c1nn(C)c(N2CCCN(C)CC2C)c1N. The Hall–Kier alpha value is -1.23. The van der Waals surface area contributed by atoms with Crippen molar-refractivity contribution in [1.82, 2.24) is 14.7 Å². The van der Waals surface area contributed by atoms with Gasteiger partial charge in [-0.3, -0.25) is 4.68 Å². The van der Waals surface area contributed by atoms with E-state index in [1.54, 1.807) is 0 Å². The molecule has 1 fully saturated rings. The zero-order chi connectivity index (χ0) is 14.2. The highest BCUT2D eigenvalue weighted by atomic mass is 15.4. The Morgan fingerprint density at radius 1 is 1.26 bits per heavy atom. The van der Waals surface area contributed by atoms with E-state index in [0.29, 0.717) is 12.0 Å². The van der Waals surface area contributed by atoms with Gasteiger partial charge in [0.05, 0.1) is 11.4 Å². The van der Waals surface area contributed by atoms with Crippen molar-refractivity contribution in [3.8, 4) is 0 Å². The summed E-state index contributed by atoms with van der Waals surface area (Å²) < 4.78 is 1.95. The molecule has 1 atom stereocenters. The highest BCUT2D eigenvalue weighted by molar-refractivity contribution is 5.67. The topological polar surface area (TPSA) is 50.3 Å². The maximum Gasteiger partial charge on any atom is 0.150 e. The zero-order valence-corrected chi connectivity index (χ0v) is 12.8. The number of hydrogen-bond acceptors (Lipinski definition) is 4. The lowest BCUT2D eigenvalue weighted by Crippen LogP contribution is -2.39. The summed E-state index contributed by atoms with van der Waals surface area (Å²) in [5.41, 5.74) is 8.22. The molecule has 1 unspecified atom stereocenters. The Kier molecular flexibility index (Phi) is 4.04. The van der Waals surface area contributed by atoms with Gasteiger partial charge in [-0.15, -0.1) is 0 Å². The second-order valence-corrected chi connectivity index (χ2v) is 6.06. The molecule has 1 aliphatic rings. The van der Waals surface area contributed by atoms with Crippen LogP contribution in [0.3, 0.4) is 0 Å². The largest absolute Gasteiger partial charge is 0.394 e. The molecule has 108 valence electrons. The zero-order valence-electron chi connectivity index (χ0n) is 12.8. The first-order valence-corrected chi connectivity index (χ1v) is 7.19. The highest BCUT2D eigenvalue weighted by Gasteiger charge is 2.26. The van der Waals surface area contributed by atoms with Crippen molar-refractivity contribution in [1.29, 1.82) is 0 Å². The van der Waals surface area contributed by atoms with E-state index in [1.165, 1.54) is 6.42 Å². The van der Waals surface area contributed by atoms with Crippen molar-refractivity contribution in [3.63, 3.8) is 0 Å². The van der Waals surface area contributed by atoms with Gasteiger partial charge < -0.3 is 15.5 Å². The van der Waals surface area contributed by atoms with Gasteiger partial charge in [-0.05, 0) is 32.9 Å². The molecule has 0 amide bonds. The summed E-state index contributed by atoms with van der Waals surface area (Å²) in [5, 5.41) is 4.61. The van der Waals surface area contributed by atoms with Crippen molar-refractivity contribution < 1.29 is 0 Å². The van der Waals surface area contributed by atoms with Gasteiger partial charge in [-0.1, -0.05) is 13.8 Å². The number of nitrogen functional groups attached to an aromatic ring is 1. The third kappa shape index (κ3) is 2.71. The molecule has 0 spiro atoms. The van der Waals surface area contributed by atoms with Gasteiger partial charge in [-0.2, -0.15) is 5.10 Å². The number of likely N-dealkylation sites (N-methyl/N-ethyl adjacent to an activating group) is 1. The van der Waals surface area contributed by atoms with Crippen LogP contribution >= 0.6 is 0 Å². The maximum absolute atomic E-state index is 6.35.